The van der Waals surface area contributed by atoms with Crippen LogP contribution < -0.4 is 0 Å². The Morgan fingerprint density at radius 3 is 1.96 bits per heavy atom. The molecule has 0 aromatic heterocycles. The van der Waals surface area contributed by atoms with Crippen molar-refractivity contribution in [3.63, 3.8) is 0 Å². The second-order valence-corrected chi connectivity index (χ2v) is 6.17. The van der Waals surface area contributed by atoms with Gasteiger partial charge in [-0.05, 0) is 25.8 Å². The molecule has 6 heteroatoms. The Morgan fingerprint density at radius 1 is 1.04 bits per heavy atom. The number of aryl methyl sites for hydroxylation is 1. The molecule has 2 N–H and O–H groups in total. The Kier molecular flexibility index (Phi) is 8.43. The second kappa shape index (κ2) is 10.1. The summed E-state index contributed by atoms with van der Waals surface area (Å²) in [6.45, 7) is 12.7. The summed E-state index contributed by atoms with van der Waals surface area (Å²) in [6.07, 6.45) is 1.26. The van der Waals surface area contributed by atoms with Crippen molar-refractivity contribution in [2.24, 2.45) is 0 Å². The SMILES string of the molecule is CCC(C)N1CCN(Cc2ccc(C)cc2)CC1.O=C(O)C(=O)O. The van der Waals surface area contributed by atoms with E-state index < -0.39 is 11.9 Å². The van der Waals surface area contributed by atoms with Crippen LogP contribution in [0.25, 0.3) is 0 Å². The normalized spacial score (nSPS) is 16.8. The molecule has 0 amide bonds. The van der Waals surface area contributed by atoms with Gasteiger partial charge >= 0.3 is 11.9 Å². The molecule has 134 valence electrons. The number of benzene rings is 1. The number of nitrogens with zero attached hydrogens (tertiary/aromatic N) is 2. The molecule has 0 saturated carbocycles. The fourth-order valence-electron chi connectivity index (χ4n) is 2.57. The summed E-state index contributed by atoms with van der Waals surface area (Å²) >= 11 is 0. The fourth-order valence-corrected chi connectivity index (χ4v) is 2.57. The summed E-state index contributed by atoms with van der Waals surface area (Å²) in [5.41, 5.74) is 2.79. The fraction of sp³-hybridized carbons (Fsp3) is 0.556. The lowest BCUT2D eigenvalue weighted by Crippen LogP contribution is -2.48. The smallest absolute Gasteiger partial charge is 0.414 e. The standard InChI is InChI=1S/C16H26N2.C2H2O4/c1-4-15(3)18-11-9-17(10-12-18)13-16-7-5-14(2)6-8-16;3-1(4)2(5)6/h5-8,15H,4,9-13H2,1-3H3;(H,3,4)(H,5,6). The molecule has 0 aliphatic carbocycles. The van der Waals surface area contributed by atoms with Crippen molar-refractivity contribution in [2.45, 2.75) is 39.8 Å². The zero-order valence-electron chi connectivity index (χ0n) is 14.7. The van der Waals surface area contributed by atoms with E-state index in [-0.39, 0.29) is 0 Å². The lowest BCUT2D eigenvalue weighted by molar-refractivity contribution is -0.159. The molecule has 24 heavy (non-hydrogen) atoms. The minimum Gasteiger partial charge on any atom is -0.473 e. The van der Waals surface area contributed by atoms with Crippen LogP contribution in [0.15, 0.2) is 24.3 Å². The maximum absolute atomic E-state index is 9.10. The number of carboxylic acid groups (broad SMARTS) is 2. The predicted molar refractivity (Wildman–Crippen MR) is 93.1 cm³/mol. The molecular formula is C18H28N2O4. The van der Waals surface area contributed by atoms with E-state index in [1.807, 2.05) is 0 Å². The van der Waals surface area contributed by atoms with Gasteiger partial charge in [0.05, 0.1) is 0 Å². The number of rotatable bonds is 4. The van der Waals surface area contributed by atoms with Gasteiger partial charge in [0, 0.05) is 38.8 Å². The highest BCUT2D eigenvalue weighted by atomic mass is 16.4. The van der Waals surface area contributed by atoms with E-state index in [1.165, 1.54) is 43.7 Å². The molecule has 1 atom stereocenters. The van der Waals surface area contributed by atoms with Crippen LogP contribution >= 0.6 is 0 Å². The van der Waals surface area contributed by atoms with Crippen molar-refractivity contribution in [2.75, 3.05) is 26.2 Å². The second-order valence-electron chi connectivity index (χ2n) is 6.17. The van der Waals surface area contributed by atoms with E-state index in [0.29, 0.717) is 0 Å². The summed E-state index contributed by atoms with van der Waals surface area (Å²) < 4.78 is 0. The average Bonchev–Trinajstić information content (AvgIpc) is 2.57. The lowest BCUT2D eigenvalue weighted by Gasteiger charge is -2.37. The molecule has 6 nitrogen and oxygen atoms in total. The molecule has 1 fully saturated rings. The number of aliphatic carboxylic acids is 2. The number of hydrogen-bond acceptors (Lipinski definition) is 4. The largest absolute Gasteiger partial charge is 0.473 e. The van der Waals surface area contributed by atoms with E-state index in [0.717, 1.165) is 12.6 Å². The molecule has 1 heterocycles. The minimum absolute atomic E-state index is 0.742. The first kappa shape index (κ1) is 20.1. The summed E-state index contributed by atoms with van der Waals surface area (Å²) in [7, 11) is 0. The van der Waals surface area contributed by atoms with Crippen LogP contribution in [0.3, 0.4) is 0 Å². The first-order valence-electron chi connectivity index (χ1n) is 8.31. The van der Waals surface area contributed by atoms with Crippen LogP contribution in [0, 0.1) is 6.92 Å². The third kappa shape index (κ3) is 7.10. The molecule has 2 rings (SSSR count). The van der Waals surface area contributed by atoms with Crippen molar-refractivity contribution in [3.05, 3.63) is 35.4 Å². The highest BCUT2D eigenvalue weighted by Crippen LogP contribution is 2.12. The van der Waals surface area contributed by atoms with Crippen LogP contribution in [0.4, 0.5) is 0 Å². The molecule has 0 radical (unpaired) electrons. The van der Waals surface area contributed by atoms with Gasteiger partial charge in [-0.2, -0.15) is 0 Å². The van der Waals surface area contributed by atoms with Gasteiger partial charge in [-0.25, -0.2) is 9.59 Å². The first-order valence-corrected chi connectivity index (χ1v) is 8.31. The van der Waals surface area contributed by atoms with Crippen LogP contribution in [0.1, 0.15) is 31.4 Å². The molecule has 0 bridgehead atoms. The highest BCUT2D eigenvalue weighted by molar-refractivity contribution is 6.27. The Labute approximate surface area is 143 Å². The topological polar surface area (TPSA) is 81.1 Å². The third-order valence-corrected chi connectivity index (χ3v) is 4.33. The minimum atomic E-state index is -1.82. The maximum Gasteiger partial charge on any atom is 0.414 e. The van der Waals surface area contributed by atoms with Crippen LogP contribution in [-0.4, -0.2) is 64.2 Å². The monoisotopic (exact) mass is 336 g/mol. The van der Waals surface area contributed by atoms with Crippen molar-refractivity contribution < 1.29 is 19.8 Å². The Hall–Kier alpha value is -1.92. The van der Waals surface area contributed by atoms with Gasteiger partial charge in [0.25, 0.3) is 0 Å². The quantitative estimate of drug-likeness (QED) is 0.819. The summed E-state index contributed by atoms with van der Waals surface area (Å²) in [4.78, 5) is 23.4. The van der Waals surface area contributed by atoms with Crippen molar-refractivity contribution in [1.29, 1.82) is 0 Å². The van der Waals surface area contributed by atoms with Crippen LogP contribution in [0.2, 0.25) is 0 Å². The zero-order valence-corrected chi connectivity index (χ0v) is 14.7. The van der Waals surface area contributed by atoms with Gasteiger partial charge in [-0.1, -0.05) is 36.8 Å². The van der Waals surface area contributed by atoms with Gasteiger partial charge in [0.1, 0.15) is 0 Å². The molecular weight excluding hydrogens is 308 g/mol. The molecule has 0 spiro atoms. The van der Waals surface area contributed by atoms with Crippen LogP contribution in [0.5, 0.6) is 0 Å². The molecule has 1 aliphatic rings. The van der Waals surface area contributed by atoms with Gasteiger partial charge < -0.3 is 10.2 Å². The van der Waals surface area contributed by atoms with E-state index in [2.05, 4.69) is 54.8 Å². The van der Waals surface area contributed by atoms with Crippen LogP contribution in [-0.2, 0) is 16.1 Å². The van der Waals surface area contributed by atoms with E-state index in [9.17, 15) is 0 Å². The van der Waals surface area contributed by atoms with E-state index >= 15 is 0 Å². The van der Waals surface area contributed by atoms with Gasteiger partial charge in [-0.3, -0.25) is 9.80 Å². The number of carbonyl (C=O) groups is 2. The number of carboxylic acids is 2. The summed E-state index contributed by atoms with van der Waals surface area (Å²) in [5.74, 6) is -3.65. The van der Waals surface area contributed by atoms with E-state index in [1.54, 1.807) is 0 Å². The van der Waals surface area contributed by atoms with Gasteiger partial charge in [0.2, 0.25) is 0 Å². The highest BCUT2D eigenvalue weighted by Gasteiger charge is 2.19. The molecule has 1 aromatic carbocycles. The summed E-state index contributed by atoms with van der Waals surface area (Å²) in [5, 5.41) is 14.8. The van der Waals surface area contributed by atoms with Crippen molar-refractivity contribution in [3.8, 4) is 0 Å². The zero-order chi connectivity index (χ0) is 18.1. The first-order chi connectivity index (χ1) is 11.3. The predicted octanol–water partition coefficient (Wildman–Crippen LogP) is 2.07. The molecule has 1 aliphatic heterocycles. The van der Waals surface area contributed by atoms with E-state index in [4.69, 9.17) is 19.8 Å². The number of piperazine rings is 1. The van der Waals surface area contributed by atoms with Crippen molar-refractivity contribution in [1.82, 2.24) is 9.80 Å². The number of hydrogen-bond donors (Lipinski definition) is 2. The van der Waals surface area contributed by atoms with Gasteiger partial charge in [-0.15, -0.1) is 0 Å². The summed E-state index contributed by atoms with van der Waals surface area (Å²) in [6, 6.07) is 9.69. The Bertz CT molecular complexity index is 510. The average molecular weight is 336 g/mol. The Morgan fingerprint density at radius 2 is 1.54 bits per heavy atom. The maximum atomic E-state index is 9.10. The Balaban J connectivity index is 0.000000413. The lowest BCUT2D eigenvalue weighted by atomic mass is 10.1. The molecule has 1 aromatic rings. The third-order valence-electron chi connectivity index (χ3n) is 4.33. The van der Waals surface area contributed by atoms with Crippen molar-refractivity contribution >= 4 is 11.9 Å². The molecule has 1 unspecified atom stereocenters. The molecule has 1 saturated heterocycles. The van der Waals surface area contributed by atoms with Gasteiger partial charge in [0.15, 0.2) is 0 Å².